The minimum atomic E-state index is -0.565. The lowest BCUT2D eigenvalue weighted by molar-refractivity contribution is 0.100. The van der Waals surface area contributed by atoms with Crippen molar-refractivity contribution in [2.75, 3.05) is 12.4 Å². The quantitative estimate of drug-likeness (QED) is 0.747. The number of anilines is 2. The monoisotopic (exact) mass is 372 g/mol. The molecule has 0 bridgehead atoms. The van der Waals surface area contributed by atoms with Gasteiger partial charge in [0.25, 0.3) is 5.91 Å². The number of nitrogens with one attached hydrogen (secondary N) is 2. The molecule has 0 aliphatic heterocycles. The van der Waals surface area contributed by atoms with Gasteiger partial charge < -0.3 is 16.4 Å². The maximum Gasteiger partial charge on any atom is 0.254 e. The summed E-state index contributed by atoms with van der Waals surface area (Å²) in [6, 6.07) is 9.71. The highest BCUT2D eigenvalue weighted by Gasteiger charge is 2.32. The number of nitriles is 1. The van der Waals surface area contributed by atoms with Crippen LogP contribution >= 0.6 is 11.6 Å². The van der Waals surface area contributed by atoms with Crippen molar-refractivity contribution in [2.24, 2.45) is 11.7 Å². The molecule has 1 saturated carbocycles. The molecule has 3 rings (SSSR count). The van der Waals surface area contributed by atoms with Crippen LogP contribution in [0.15, 0.2) is 30.5 Å². The van der Waals surface area contributed by atoms with Crippen LogP contribution in [0.3, 0.4) is 0 Å². The van der Waals surface area contributed by atoms with Crippen molar-refractivity contribution < 1.29 is 4.79 Å². The number of halogens is 1. The fourth-order valence-electron chi connectivity index (χ4n) is 3.38. The van der Waals surface area contributed by atoms with Gasteiger partial charge in [0.2, 0.25) is 0 Å². The zero-order valence-corrected chi connectivity index (χ0v) is 15.2. The van der Waals surface area contributed by atoms with E-state index in [1.807, 2.05) is 7.05 Å². The second kappa shape index (κ2) is 7.77. The highest BCUT2D eigenvalue weighted by Crippen LogP contribution is 2.34. The minimum absolute atomic E-state index is 0.0801. The van der Waals surface area contributed by atoms with Crippen molar-refractivity contribution in [1.82, 2.24) is 15.1 Å². The van der Waals surface area contributed by atoms with Gasteiger partial charge in [-0.15, -0.1) is 0 Å². The van der Waals surface area contributed by atoms with E-state index < -0.39 is 5.91 Å². The average molecular weight is 373 g/mol. The summed E-state index contributed by atoms with van der Waals surface area (Å²) < 4.78 is 1.71. The summed E-state index contributed by atoms with van der Waals surface area (Å²) in [6.45, 7) is 0. The Bertz CT molecular complexity index is 825. The first-order chi connectivity index (χ1) is 12.5. The molecule has 8 heteroatoms. The van der Waals surface area contributed by atoms with Gasteiger partial charge >= 0.3 is 0 Å². The van der Waals surface area contributed by atoms with Gasteiger partial charge in [-0.25, -0.2) is 0 Å². The van der Waals surface area contributed by atoms with Crippen LogP contribution in [0.4, 0.5) is 11.5 Å². The Labute approximate surface area is 157 Å². The minimum Gasteiger partial charge on any atom is -0.365 e. The molecule has 0 saturated heterocycles. The van der Waals surface area contributed by atoms with Crippen molar-refractivity contribution in [3.63, 3.8) is 0 Å². The number of benzene rings is 1. The van der Waals surface area contributed by atoms with Gasteiger partial charge in [0.1, 0.15) is 5.56 Å². The summed E-state index contributed by atoms with van der Waals surface area (Å²) in [4.78, 5) is 11.8. The number of amides is 1. The summed E-state index contributed by atoms with van der Waals surface area (Å²) in [5.74, 6) is -0.359. The van der Waals surface area contributed by atoms with E-state index >= 15 is 0 Å². The molecular weight excluding hydrogens is 352 g/mol. The van der Waals surface area contributed by atoms with E-state index in [1.165, 1.54) is 0 Å². The first-order valence-electron chi connectivity index (χ1n) is 8.50. The van der Waals surface area contributed by atoms with Gasteiger partial charge in [0, 0.05) is 22.9 Å². The van der Waals surface area contributed by atoms with E-state index in [9.17, 15) is 10.1 Å². The van der Waals surface area contributed by atoms with Gasteiger partial charge in [-0.3, -0.25) is 9.48 Å². The molecule has 1 aliphatic rings. The predicted octanol–water partition coefficient (Wildman–Crippen LogP) is 2.83. The van der Waals surface area contributed by atoms with Crippen LogP contribution in [0, 0.1) is 17.2 Å². The molecular formula is C18H21ClN6O. The SMILES string of the molecule is CNC1CCC(n2cc(C(N)=O)c(Nc3ccc(Cl)cc3)n2)C(C#N)C1. The summed E-state index contributed by atoms with van der Waals surface area (Å²) in [5, 5.41) is 21.0. The molecule has 7 nitrogen and oxygen atoms in total. The van der Waals surface area contributed by atoms with E-state index in [-0.39, 0.29) is 12.0 Å². The van der Waals surface area contributed by atoms with Crippen LogP contribution < -0.4 is 16.4 Å². The summed E-state index contributed by atoms with van der Waals surface area (Å²) in [5.41, 5.74) is 6.56. The number of primary amides is 1. The largest absolute Gasteiger partial charge is 0.365 e. The van der Waals surface area contributed by atoms with E-state index in [4.69, 9.17) is 17.3 Å². The second-order valence-electron chi connectivity index (χ2n) is 6.47. The average Bonchev–Trinajstić information content (AvgIpc) is 3.07. The lowest BCUT2D eigenvalue weighted by Crippen LogP contribution is -2.36. The Balaban J connectivity index is 1.88. The van der Waals surface area contributed by atoms with Crippen LogP contribution in [0.2, 0.25) is 5.02 Å². The summed E-state index contributed by atoms with van der Waals surface area (Å²) >= 11 is 5.90. The fourth-order valence-corrected chi connectivity index (χ4v) is 3.50. The zero-order chi connectivity index (χ0) is 18.7. The third-order valence-corrected chi connectivity index (χ3v) is 5.08. The molecule has 1 aromatic heterocycles. The summed E-state index contributed by atoms with van der Waals surface area (Å²) in [7, 11) is 1.91. The molecule has 1 heterocycles. The van der Waals surface area contributed by atoms with Gasteiger partial charge in [-0.2, -0.15) is 10.4 Å². The molecule has 2 aromatic rings. The molecule has 26 heavy (non-hydrogen) atoms. The molecule has 136 valence electrons. The van der Waals surface area contributed by atoms with Crippen LogP contribution in [0.1, 0.15) is 35.7 Å². The van der Waals surface area contributed by atoms with Crippen LogP contribution in [-0.4, -0.2) is 28.8 Å². The zero-order valence-electron chi connectivity index (χ0n) is 14.4. The third kappa shape index (κ3) is 3.82. The second-order valence-corrected chi connectivity index (χ2v) is 6.91. The van der Waals surface area contributed by atoms with Crippen LogP contribution in [0.5, 0.6) is 0 Å². The number of rotatable bonds is 5. The Morgan fingerprint density at radius 1 is 1.38 bits per heavy atom. The Morgan fingerprint density at radius 2 is 2.12 bits per heavy atom. The topological polar surface area (TPSA) is 109 Å². The molecule has 1 aliphatic carbocycles. The smallest absolute Gasteiger partial charge is 0.254 e. The van der Waals surface area contributed by atoms with Crippen molar-refractivity contribution >= 4 is 29.0 Å². The lowest BCUT2D eigenvalue weighted by atomic mass is 9.82. The number of hydrogen-bond acceptors (Lipinski definition) is 5. The van der Waals surface area contributed by atoms with Gasteiger partial charge in [0.15, 0.2) is 5.82 Å². The van der Waals surface area contributed by atoms with Crippen molar-refractivity contribution in [3.8, 4) is 6.07 Å². The number of aromatic nitrogens is 2. The van der Waals surface area contributed by atoms with Gasteiger partial charge in [0.05, 0.1) is 18.0 Å². The van der Waals surface area contributed by atoms with Crippen LogP contribution in [0.25, 0.3) is 0 Å². The standard InChI is InChI=1S/C18H21ClN6O/c1-22-14-6-7-16(11(8-14)9-20)25-10-15(17(21)26)18(24-25)23-13-4-2-12(19)3-5-13/h2-5,10-11,14,16,22H,6-8H2,1H3,(H2,21,26)(H,23,24). The van der Waals surface area contributed by atoms with Crippen LogP contribution in [-0.2, 0) is 0 Å². The fraction of sp³-hybridized carbons (Fsp3) is 0.389. The lowest BCUT2D eigenvalue weighted by Gasteiger charge is -2.32. The Hall–Kier alpha value is -2.56. The Morgan fingerprint density at radius 3 is 2.73 bits per heavy atom. The molecule has 1 amide bonds. The molecule has 3 unspecified atom stereocenters. The van der Waals surface area contributed by atoms with Crippen molar-refractivity contribution in [3.05, 3.63) is 41.0 Å². The third-order valence-electron chi connectivity index (χ3n) is 4.83. The number of carbonyl (C=O) groups is 1. The molecule has 3 atom stereocenters. The maximum absolute atomic E-state index is 11.8. The maximum atomic E-state index is 11.8. The highest BCUT2D eigenvalue weighted by atomic mass is 35.5. The number of carbonyl (C=O) groups excluding carboxylic acids is 1. The van der Waals surface area contributed by atoms with Gasteiger partial charge in [-0.1, -0.05) is 11.6 Å². The molecule has 0 radical (unpaired) electrons. The first kappa shape index (κ1) is 18.2. The van der Waals surface area contributed by atoms with E-state index in [0.29, 0.717) is 22.4 Å². The predicted molar refractivity (Wildman–Crippen MR) is 100 cm³/mol. The molecule has 1 fully saturated rings. The van der Waals surface area contributed by atoms with E-state index in [1.54, 1.807) is 35.1 Å². The molecule has 1 aromatic carbocycles. The number of nitrogens with two attached hydrogens (primary N) is 1. The molecule has 4 N–H and O–H groups in total. The molecule has 0 spiro atoms. The summed E-state index contributed by atoms with van der Waals surface area (Å²) in [6.07, 6.45) is 4.15. The Kier molecular flexibility index (Phi) is 5.45. The van der Waals surface area contributed by atoms with Crippen molar-refractivity contribution in [1.29, 1.82) is 5.26 Å². The highest BCUT2D eigenvalue weighted by molar-refractivity contribution is 6.30. The van der Waals surface area contributed by atoms with E-state index in [0.717, 1.165) is 24.9 Å². The normalized spacial score (nSPS) is 22.6. The number of nitrogens with zero attached hydrogens (tertiary/aromatic N) is 3. The van der Waals surface area contributed by atoms with Gasteiger partial charge in [-0.05, 0) is 50.6 Å². The van der Waals surface area contributed by atoms with E-state index in [2.05, 4.69) is 21.8 Å². The number of hydrogen-bond donors (Lipinski definition) is 3. The first-order valence-corrected chi connectivity index (χ1v) is 8.88. The van der Waals surface area contributed by atoms with Crippen molar-refractivity contribution in [2.45, 2.75) is 31.3 Å².